The van der Waals surface area contributed by atoms with E-state index >= 15 is 0 Å². The van der Waals surface area contributed by atoms with Crippen LogP contribution in [0, 0.1) is 0 Å². The molecule has 0 saturated heterocycles. The van der Waals surface area contributed by atoms with Gasteiger partial charge in [0.25, 0.3) is 0 Å². The second-order valence-corrected chi connectivity index (χ2v) is 6.06. The summed E-state index contributed by atoms with van der Waals surface area (Å²) in [6.45, 7) is 1.79. The predicted octanol–water partition coefficient (Wildman–Crippen LogP) is 3.37. The first-order valence-corrected chi connectivity index (χ1v) is 8.09. The van der Waals surface area contributed by atoms with Crippen LogP contribution < -0.4 is 0 Å². The van der Waals surface area contributed by atoms with Gasteiger partial charge in [0, 0.05) is 6.07 Å². The Hall–Kier alpha value is -2.01. The van der Waals surface area contributed by atoms with Crippen molar-refractivity contribution < 1.29 is 24.9 Å². The van der Waals surface area contributed by atoms with E-state index in [2.05, 4.69) is 0 Å². The number of aliphatic hydroxyl groups is 1. The van der Waals surface area contributed by atoms with Crippen molar-refractivity contribution >= 4 is 12.0 Å². The summed E-state index contributed by atoms with van der Waals surface area (Å²) in [7, 11) is 0. The summed E-state index contributed by atoms with van der Waals surface area (Å²) in [4.78, 5) is 12.3. The fraction of sp³-hybridized carbons (Fsp3) is 0.500. The number of benzene rings is 1. The Kier molecular flexibility index (Phi) is 6.04. The first-order chi connectivity index (χ1) is 11.0. The lowest BCUT2D eigenvalue weighted by molar-refractivity contribution is 0.0307. The highest BCUT2D eigenvalue weighted by atomic mass is 16.5. The van der Waals surface area contributed by atoms with Gasteiger partial charge >= 0.3 is 5.97 Å². The second-order valence-electron chi connectivity index (χ2n) is 6.06. The van der Waals surface area contributed by atoms with Gasteiger partial charge in [-0.1, -0.05) is 12.2 Å². The van der Waals surface area contributed by atoms with Crippen LogP contribution in [0.2, 0.25) is 0 Å². The number of fused-ring (bicyclic) bond motifs is 1. The number of allylic oxidation sites excluding steroid dienone is 1. The van der Waals surface area contributed by atoms with Gasteiger partial charge in [-0.2, -0.15) is 0 Å². The van der Waals surface area contributed by atoms with E-state index in [-0.39, 0.29) is 29.3 Å². The molecule has 0 radical (unpaired) electrons. The van der Waals surface area contributed by atoms with Crippen molar-refractivity contribution in [1.29, 1.82) is 0 Å². The second kappa shape index (κ2) is 8.02. The Morgan fingerprint density at radius 3 is 2.65 bits per heavy atom. The van der Waals surface area contributed by atoms with Gasteiger partial charge in [0.2, 0.25) is 0 Å². The number of cyclic esters (lactones) is 1. The molecule has 0 aliphatic carbocycles. The Morgan fingerprint density at radius 1 is 1.13 bits per heavy atom. The molecule has 1 aromatic carbocycles. The highest BCUT2D eigenvalue weighted by molar-refractivity contribution is 5.97. The molecule has 0 spiro atoms. The summed E-state index contributed by atoms with van der Waals surface area (Å²) in [5, 5.41) is 29.5. The molecule has 5 heteroatoms. The Bertz CT molecular complexity index is 579. The fourth-order valence-electron chi connectivity index (χ4n) is 2.75. The van der Waals surface area contributed by atoms with Crippen LogP contribution in [0.3, 0.4) is 0 Å². The number of phenols is 2. The number of ether oxygens (including phenoxy) is 1. The molecular weight excluding hydrogens is 296 g/mol. The Morgan fingerprint density at radius 2 is 1.87 bits per heavy atom. The zero-order chi connectivity index (χ0) is 16.8. The molecule has 0 saturated carbocycles. The number of carbonyl (C=O) groups is 1. The minimum absolute atomic E-state index is 0.0722. The molecule has 126 valence electrons. The number of aromatic hydroxyl groups is 2. The van der Waals surface area contributed by atoms with Crippen molar-refractivity contribution in [2.24, 2.45) is 0 Å². The van der Waals surface area contributed by atoms with Crippen molar-refractivity contribution in [2.45, 2.75) is 57.7 Å². The molecule has 3 N–H and O–H groups in total. The van der Waals surface area contributed by atoms with Gasteiger partial charge in [0.1, 0.15) is 17.1 Å². The van der Waals surface area contributed by atoms with E-state index in [9.17, 15) is 20.1 Å². The zero-order valence-corrected chi connectivity index (χ0v) is 13.4. The number of rotatable bonds is 0. The molecule has 0 amide bonds. The van der Waals surface area contributed by atoms with E-state index in [1.807, 2.05) is 6.08 Å². The number of phenolic OH excluding ortho intramolecular Hbond substituents is 2. The monoisotopic (exact) mass is 320 g/mol. The molecule has 2 atom stereocenters. The smallest absolute Gasteiger partial charge is 0.342 e. The summed E-state index contributed by atoms with van der Waals surface area (Å²) in [5.74, 6) is -1.00. The van der Waals surface area contributed by atoms with Crippen molar-refractivity contribution in [3.05, 3.63) is 29.3 Å². The molecule has 1 aliphatic rings. The number of carbonyl (C=O) groups excluding carboxylic acids is 1. The molecule has 1 heterocycles. The maximum absolute atomic E-state index is 12.3. The highest BCUT2D eigenvalue weighted by Crippen LogP contribution is 2.30. The third kappa shape index (κ3) is 4.99. The third-order valence-electron chi connectivity index (χ3n) is 4.00. The lowest BCUT2D eigenvalue weighted by atomic mass is 10.0. The first-order valence-electron chi connectivity index (χ1n) is 8.09. The maximum atomic E-state index is 12.3. The molecule has 5 nitrogen and oxygen atoms in total. The van der Waals surface area contributed by atoms with Gasteiger partial charge in [-0.15, -0.1) is 0 Å². The highest BCUT2D eigenvalue weighted by Gasteiger charge is 2.20. The van der Waals surface area contributed by atoms with Gasteiger partial charge in [-0.05, 0) is 57.1 Å². The van der Waals surface area contributed by atoms with Crippen LogP contribution in [0.15, 0.2) is 18.2 Å². The lowest BCUT2D eigenvalue weighted by Crippen LogP contribution is -2.17. The van der Waals surface area contributed by atoms with Gasteiger partial charge < -0.3 is 20.1 Å². The van der Waals surface area contributed by atoms with E-state index in [1.54, 1.807) is 13.0 Å². The van der Waals surface area contributed by atoms with Crippen molar-refractivity contribution in [2.75, 3.05) is 0 Å². The van der Waals surface area contributed by atoms with Crippen molar-refractivity contribution in [3.8, 4) is 11.5 Å². The van der Waals surface area contributed by atoms with E-state index in [0.29, 0.717) is 18.4 Å². The topological polar surface area (TPSA) is 87.0 Å². The van der Waals surface area contributed by atoms with Crippen LogP contribution in [0.5, 0.6) is 11.5 Å². The van der Waals surface area contributed by atoms with Crippen LogP contribution in [0.4, 0.5) is 0 Å². The zero-order valence-electron chi connectivity index (χ0n) is 13.4. The number of hydrogen-bond donors (Lipinski definition) is 3. The molecular formula is C18H24O5. The van der Waals surface area contributed by atoms with Gasteiger partial charge in [-0.3, -0.25) is 0 Å². The predicted molar refractivity (Wildman–Crippen MR) is 87.4 cm³/mol. The Balaban J connectivity index is 2.30. The van der Waals surface area contributed by atoms with Gasteiger partial charge in [0.15, 0.2) is 0 Å². The molecule has 23 heavy (non-hydrogen) atoms. The molecule has 0 aromatic heterocycles. The lowest BCUT2D eigenvalue weighted by Gasteiger charge is -2.17. The van der Waals surface area contributed by atoms with Crippen LogP contribution in [0.25, 0.3) is 6.08 Å². The van der Waals surface area contributed by atoms with E-state index in [4.69, 9.17) is 4.74 Å². The first kappa shape index (κ1) is 17.3. The SMILES string of the molecule is C[C@H]1CCC[C@H](O)CCC/C=C/c2cc(O)cc(O)c2C(=O)O1. The number of aliphatic hydroxyl groups excluding tert-OH is 1. The molecule has 0 unspecified atom stereocenters. The quantitative estimate of drug-likeness (QED) is 0.638. The number of hydrogen-bond acceptors (Lipinski definition) is 5. The van der Waals surface area contributed by atoms with Gasteiger partial charge in [-0.25, -0.2) is 4.79 Å². The average Bonchev–Trinajstić information content (AvgIpc) is 2.45. The molecule has 1 aliphatic heterocycles. The van der Waals surface area contributed by atoms with Gasteiger partial charge in [0.05, 0.1) is 12.2 Å². The molecule has 2 rings (SSSR count). The summed E-state index contributed by atoms with van der Waals surface area (Å²) in [6, 6.07) is 2.57. The van der Waals surface area contributed by atoms with Crippen molar-refractivity contribution in [1.82, 2.24) is 0 Å². The van der Waals surface area contributed by atoms with E-state index < -0.39 is 5.97 Å². The minimum Gasteiger partial charge on any atom is -0.508 e. The van der Waals surface area contributed by atoms with Crippen LogP contribution in [0.1, 0.15) is 61.4 Å². The largest absolute Gasteiger partial charge is 0.508 e. The average molecular weight is 320 g/mol. The Labute approximate surface area is 136 Å². The summed E-state index contributed by atoms with van der Waals surface area (Å²) in [5.41, 5.74) is 0.500. The normalized spacial score (nSPS) is 25.0. The summed E-state index contributed by atoms with van der Waals surface area (Å²) >= 11 is 0. The summed E-state index contributed by atoms with van der Waals surface area (Å²) in [6.07, 6.45) is 7.39. The van der Waals surface area contributed by atoms with Crippen molar-refractivity contribution in [3.63, 3.8) is 0 Å². The minimum atomic E-state index is -0.604. The standard InChI is InChI=1S/C18H24O5/c1-12-6-5-9-14(19)8-4-2-3-7-13-10-15(20)11-16(21)17(13)18(22)23-12/h3,7,10-12,14,19-21H,2,4-6,8-9H2,1H3/b7-3+/t12-,14+/m0/s1. The molecule has 0 fully saturated rings. The molecule has 1 aromatic rings. The third-order valence-corrected chi connectivity index (χ3v) is 4.00. The molecule has 0 bridgehead atoms. The van der Waals surface area contributed by atoms with E-state index in [0.717, 1.165) is 31.7 Å². The van der Waals surface area contributed by atoms with Crippen LogP contribution in [-0.2, 0) is 4.74 Å². The van der Waals surface area contributed by atoms with E-state index in [1.165, 1.54) is 6.07 Å². The number of esters is 1. The maximum Gasteiger partial charge on any atom is 0.342 e. The van der Waals surface area contributed by atoms with Crippen LogP contribution >= 0.6 is 0 Å². The summed E-state index contributed by atoms with van der Waals surface area (Å²) < 4.78 is 5.38. The van der Waals surface area contributed by atoms with Crippen LogP contribution in [-0.4, -0.2) is 33.5 Å². The fourth-order valence-corrected chi connectivity index (χ4v) is 2.75.